The van der Waals surface area contributed by atoms with Crippen molar-refractivity contribution in [2.75, 3.05) is 13.2 Å². The molecule has 0 spiro atoms. The molecule has 1 heterocycles. The fourth-order valence-electron chi connectivity index (χ4n) is 2.42. The molecule has 5 atom stereocenters. The fourth-order valence-corrected chi connectivity index (χ4v) is 2.42. The molecular formula is C16H31NO6. The second kappa shape index (κ2) is 8.94. The fraction of sp³-hybridized carbons (Fsp3) is 0.938. The van der Waals surface area contributed by atoms with E-state index >= 15 is 0 Å². The lowest BCUT2D eigenvalue weighted by molar-refractivity contribution is -0.274. The Bertz CT molecular complexity index is 368. The first kappa shape index (κ1) is 20.3. The Kier molecular flexibility index (Phi) is 7.89. The number of carbonyl (C=O) groups excluding carboxylic acids is 1. The Hall–Kier alpha value is -0.730. The minimum atomic E-state index is -0.998. The van der Waals surface area contributed by atoms with Crippen LogP contribution in [0.15, 0.2) is 0 Å². The van der Waals surface area contributed by atoms with Gasteiger partial charge in [-0.25, -0.2) is 0 Å². The molecule has 0 bridgehead atoms. The third-order valence-corrected chi connectivity index (χ3v) is 3.72. The molecule has 7 nitrogen and oxygen atoms in total. The van der Waals surface area contributed by atoms with Gasteiger partial charge in [-0.2, -0.15) is 0 Å². The van der Waals surface area contributed by atoms with E-state index in [2.05, 4.69) is 0 Å². The molecule has 136 valence electrons. The Morgan fingerprint density at radius 1 is 1.22 bits per heavy atom. The molecule has 4 N–H and O–H groups in total. The minimum absolute atomic E-state index is 0.115. The van der Waals surface area contributed by atoms with Crippen LogP contribution in [0.25, 0.3) is 0 Å². The summed E-state index contributed by atoms with van der Waals surface area (Å²) in [6.45, 7) is 7.78. The van der Waals surface area contributed by atoms with Crippen molar-refractivity contribution in [3.63, 3.8) is 0 Å². The van der Waals surface area contributed by atoms with Crippen LogP contribution in [-0.2, 0) is 19.0 Å². The van der Waals surface area contributed by atoms with E-state index in [1.165, 1.54) is 0 Å². The first-order chi connectivity index (χ1) is 10.7. The summed E-state index contributed by atoms with van der Waals surface area (Å²) in [4.78, 5) is 11.6. The first-order valence-corrected chi connectivity index (χ1v) is 8.21. The van der Waals surface area contributed by atoms with E-state index in [-0.39, 0.29) is 18.4 Å². The second-order valence-corrected chi connectivity index (χ2v) is 7.03. The zero-order valence-electron chi connectivity index (χ0n) is 14.5. The highest BCUT2D eigenvalue weighted by Crippen LogP contribution is 2.26. The average Bonchev–Trinajstić information content (AvgIpc) is 2.44. The number of unbranched alkanes of at least 4 members (excludes halogenated alkanes) is 1. The maximum Gasteiger partial charge on any atom is 0.306 e. The Labute approximate surface area is 138 Å². The number of hydrogen-bond donors (Lipinski definition) is 3. The van der Waals surface area contributed by atoms with Crippen molar-refractivity contribution in [1.82, 2.24) is 0 Å². The van der Waals surface area contributed by atoms with E-state index in [0.29, 0.717) is 25.9 Å². The third-order valence-electron chi connectivity index (χ3n) is 3.72. The van der Waals surface area contributed by atoms with Gasteiger partial charge in [-0.1, -0.05) is 6.92 Å². The molecule has 1 aliphatic heterocycles. The Morgan fingerprint density at radius 3 is 2.43 bits per heavy atom. The number of rotatable bonds is 7. The van der Waals surface area contributed by atoms with Crippen molar-refractivity contribution in [2.24, 2.45) is 11.7 Å². The van der Waals surface area contributed by atoms with Crippen molar-refractivity contribution in [1.29, 1.82) is 0 Å². The summed E-state index contributed by atoms with van der Waals surface area (Å²) in [6, 6.07) is 0. The number of aliphatic hydroxyl groups excluding tert-OH is 2. The van der Waals surface area contributed by atoms with Crippen molar-refractivity contribution in [2.45, 2.75) is 77.2 Å². The summed E-state index contributed by atoms with van der Waals surface area (Å²) in [7, 11) is 0. The Morgan fingerprint density at radius 2 is 1.87 bits per heavy atom. The summed E-state index contributed by atoms with van der Waals surface area (Å²) >= 11 is 0. The van der Waals surface area contributed by atoms with Crippen LogP contribution in [-0.4, -0.2) is 59.5 Å². The van der Waals surface area contributed by atoms with E-state index in [0.717, 1.165) is 0 Å². The summed E-state index contributed by atoms with van der Waals surface area (Å²) in [5, 5.41) is 19.8. The van der Waals surface area contributed by atoms with Crippen molar-refractivity contribution in [3.05, 3.63) is 0 Å². The number of ether oxygens (including phenoxy) is 3. The van der Waals surface area contributed by atoms with Crippen LogP contribution in [0.3, 0.4) is 0 Å². The van der Waals surface area contributed by atoms with Gasteiger partial charge in [0, 0.05) is 25.5 Å². The van der Waals surface area contributed by atoms with Gasteiger partial charge in [0.05, 0.1) is 6.10 Å². The molecule has 0 aromatic carbocycles. The average molecular weight is 333 g/mol. The summed E-state index contributed by atoms with van der Waals surface area (Å²) in [5.41, 5.74) is 5.06. The van der Waals surface area contributed by atoms with Gasteiger partial charge in [-0.3, -0.25) is 4.79 Å². The molecule has 1 fully saturated rings. The monoisotopic (exact) mass is 333 g/mol. The van der Waals surface area contributed by atoms with E-state index in [9.17, 15) is 15.0 Å². The van der Waals surface area contributed by atoms with Crippen molar-refractivity contribution < 1.29 is 29.2 Å². The quantitative estimate of drug-likeness (QED) is 0.461. The van der Waals surface area contributed by atoms with Gasteiger partial charge in [0.25, 0.3) is 0 Å². The van der Waals surface area contributed by atoms with Gasteiger partial charge < -0.3 is 30.2 Å². The Balaban J connectivity index is 2.26. The van der Waals surface area contributed by atoms with Crippen LogP contribution in [0.5, 0.6) is 0 Å². The van der Waals surface area contributed by atoms with Crippen LogP contribution >= 0.6 is 0 Å². The van der Waals surface area contributed by atoms with E-state index < -0.39 is 30.2 Å². The number of nitrogens with two attached hydrogens (primary N) is 1. The van der Waals surface area contributed by atoms with Gasteiger partial charge in [-0.15, -0.1) is 0 Å². The van der Waals surface area contributed by atoms with E-state index in [1.54, 1.807) is 6.92 Å². The molecule has 0 aromatic heterocycles. The lowest BCUT2D eigenvalue weighted by Gasteiger charge is -2.40. The van der Waals surface area contributed by atoms with Crippen molar-refractivity contribution >= 4 is 5.97 Å². The third kappa shape index (κ3) is 6.73. The number of carbonyl (C=O) groups is 1. The second-order valence-electron chi connectivity index (χ2n) is 7.03. The van der Waals surface area contributed by atoms with E-state index in [4.69, 9.17) is 19.9 Å². The number of hydrogen-bond acceptors (Lipinski definition) is 7. The van der Waals surface area contributed by atoms with Crippen molar-refractivity contribution in [3.8, 4) is 0 Å². The van der Waals surface area contributed by atoms with E-state index in [1.807, 2.05) is 20.8 Å². The summed E-state index contributed by atoms with van der Waals surface area (Å²) in [6.07, 6.45) is -1.49. The molecule has 5 unspecified atom stereocenters. The first-order valence-electron chi connectivity index (χ1n) is 8.21. The molecule has 0 aliphatic carbocycles. The lowest BCUT2D eigenvalue weighted by atomic mass is 9.92. The van der Waals surface area contributed by atoms with Gasteiger partial charge >= 0.3 is 5.97 Å². The van der Waals surface area contributed by atoms with Gasteiger partial charge in [0.2, 0.25) is 0 Å². The zero-order valence-corrected chi connectivity index (χ0v) is 14.5. The molecule has 1 rings (SSSR count). The molecule has 1 saturated heterocycles. The maximum atomic E-state index is 11.6. The molecule has 23 heavy (non-hydrogen) atoms. The summed E-state index contributed by atoms with van der Waals surface area (Å²) < 4.78 is 16.4. The SMILES string of the molecule is CC1C(OCCCCC(=O)OC(C)(C)C)OC(CN)C(O)C1O. The van der Waals surface area contributed by atoms with Crippen LogP contribution in [0.4, 0.5) is 0 Å². The highest BCUT2D eigenvalue weighted by atomic mass is 16.7. The molecule has 7 heteroatoms. The smallest absolute Gasteiger partial charge is 0.306 e. The molecule has 0 amide bonds. The molecule has 0 saturated carbocycles. The highest BCUT2D eigenvalue weighted by molar-refractivity contribution is 5.69. The molecule has 1 aliphatic rings. The van der Waals surface area contributed by atoms with Crippen LogP contribution in [0.1, 0.15) is 47.0 Å². The predicted octanol–water partition coefficient (Wildman–Crippen LogP) is 0.557. The maximum absolute atomic E-state index is 11.6. The minimum Gasteiger partial charge on any atom is -0.460 e. The topological polar surface area (TPSA) is 111 Å². The molecular weight excluding hydrogens is 302 g/mol. The standard InChI is InChI=1S/C16H31NO6/c1-10-13(19)14(20)11(9-17)22-15(10)21-8-6-5-7-12(18)23-16(2,3)4/h10-11,13-15,19-20H,5-9,17H2,1-4H3. The zero-order chi connectivity index (χ0) is 17.6. The normalized spacial score (nSPS) is 31.9. The highest BCUT2D eigenvalue weighted by Gasteiger charge is 2.41. The van der Waals surface area contributed by atoms with Gasteiger partial charge in [0.1, 0.15) is 17.8 Å². The lowest BCUT2D eigenvalue weighted by Crippen LogP contribution is -2.56. The predicted molar refractivity (Wildman–Crippen MR) is 84.5 cm³/mol. The van der Waals surface area contributed by atoms with Crippen LogP contribution in [0.2, 0.25) is 0 Å². The van der Waals surface area contributed by atoms with Gasteiger partial charge in [0.15, 0.2) is 6.29 Å². The number of aliphatic hydroxyl groups is 2. The molecule has 0 aromatic rings. The number of esters is 1. The van der Waals surface area contributed by atoms with Crippen LogP contribution < -0.4 is 5.73 Å². The summed E-state index contributed by atoms with van der Waals surface area (Å²) in [5.74, 6) is -0.569. The molecule has 0 radical (unpaired) electrons. The van der Waals surface area contributed by atoms with Crippen LogP contribution in [0, 0.1) is 5.92 Å². The largest absolute Gasteiger partial charge is 0.460 e. The van der Waals surface area contributed by atoms with Gasteiger partial charge in [-0.05, 0) is 33.6 Å².